The van der Waals surface area contributed by atoms with Crippen molar-refractivity contribution in [3.63, 3.8) is 0 Å². The average molecular weight is 357 g/mol. The normalized spacial score (nSPS) is 11.1. The van der Waals surface area contributed by atoms with Gasteiger partial charge in [-0.1, -0.05) is 0 Å². The van der Waals surface area contributed by atoms with Gasteiger partial charge >= 0.3 is 0 Å². The van der Waals surface area contributed by atoms with E-state index in [1.54, 1.807) is 21.8 Å². The summed E-state index contributed by atoms with van der Waals surface area (Å²) in [4.78, 5) is 27.1. The summed E-state index contributed by atoms with van der Waals surface area (Å²) in [7, 11) is 3.67. The summed E-state index contributed by atoms with van der Waals surface area (Å²) in [5, 5.41) is 9.82. The highest BCUT2D eigenvalue weighted by atomic mass is 32.1. The number of carbonyl (C=O) groups excluding carboxylic acids is 1. The maximum Gasteiger partial charge on any atom is 0.239 e. The van der Waals surface area contributed by atoms with Crippen molar-refractivity contribution in [2.75, 3.05) is 26.0 Å². The number of carbonyl (C=O) groups is 1. The van der Waals surface area contributed by atoms with Crippen LogP contribution in [-0.2, 0) is 4.79 Å². The third-order valence-electron chi connectivity index (χ3n) is 3.29. The lowest BCUT2D eigenvalue weighted by molar-refractivity contribution is -0.116. The molecule has 0 spiro atoms. The minimum Gasteiger partial charge on any atom is -0.309 e. The number of amides is 1. The molecule has 0 aliphatic carbocycles. The Morgan fingerprint density at radius 3 is 2.68 bits per heavy atom. The predicted molar refractivity (Wildman–Crippen MR) is 96.9 cm³/mol. The van der Waals surface area contributed by atoms with Crippen molar-refractivity contribution in [1.82, 2.24) is 29.6 Å². The Balaban J connectivity index is 2.03. The molecule has 0 saturated heterocycles. The highest BCUT2D eigenvalue weighted by Crippen LogP contribution is 2.22. The van der Waals surface area contributed by atoms with Gasteiger partial charge in [0.25, 0.3) is 0 Å². The smallest absolute Gasteiger partial charge is 0.239 e. The van der Waals surface area contributed by atoms with Crippen LogP contribution in [0.15, 0.2) is 23.7 Å². The molecule has 0 bridgehead atoms. The topological polar surface area (TPSA) is 88.8 Å². The molecule has 0 aromatic carbocycles. The van der Waals surface area contributed by atoms with Gasteiger partial charge in [0.1, 0.15) is 5.82 Å². The van der Waals surface area contributed by atoms with Crippen LogP contribution in [0.1, 0.15) is 11.4 Å². The predicted octanol–water partition coefficient (Wildman–Crippen LogP) is 1.90. The number of anilines is 1. The van der Waals surface area contributed by atoms with Gasteiger partial charge in [-0.2, -0.15) is 5.10 Å². The Morgan fingerprint density at radius 2 is 2.08 bits per heavy atom. The van der Waals surface area contributed by atoms with Gasteiger partial charge in [-0.05, 0) is 34.0 Å². The Labute approximate surface area is 149 Å². The van der Waals surface area contributed by atoms with Crippen LogP contribution in [0.2, 0.25) is 0 Å². The molecule has 9 heteroatoms. The number of hydrogen-bond acceptors (Lipinski definition) is 7. The van der Waals surface area contributed by atoms with E-state index >= 15 is 0 Å². The molecule has 1 N–H and O–H groups in total. The molecule has 3 heterocycles. The first-order valence-corrected chi connectivity index (χ1v) is 8.57. The number of aryl methyl sites for hydroxylation is 2. The number of aromatic nitrogens is 5. The highest BCUT2D eigenvalue weighted by molar-refractivity contribution is 7.13. The van der Waals surface area contributed by atoms with E-state index in [9.17, 15) is 4.79 Å². The molecule has 0 radical (unpaired) electrons. The van der Waals surface area contributed by atoms with Crippen LogP contribution in [0, 0.1) is 13.8 Å². The van der Waals surface area contributed by atoms with Gasteiger partial charge in [0.2, 0.25) is 5.91 Å². The Kier molecular flexibility index (Phi) is 4.86. The quantitative estimate of drug-likeness (QED) is 0.750. The lowest BCUT2D eigenvalue weighted by Crippen LogP contribution is -2.27. The third kappa shape index (κ3) is 4.06. The maximum absolute atomic E-state index is 12.1. The summed E-state index contributed by atoms with van der Waals surface area (Å²) < 4.78 is 1.73. The second-order valence-corrected chi connectivity index (χ2v) is 6.79. The lowest BCUT2D eigenvalue weighted by Gasteiger charge is -2.11. The van der Waals surface area contributed by atoms with E-state index in [0.717, 1.165) is 11.4 Å². The molecule has 0 aliphatic heterocycles. The van der Waals surface area contributed by atoms with Crippen LogP contribution >= 0.6 is 11.3 Å². The molecule has 130 valence electrons. The van der Waals surface area contributed by atoms with E-state index in [4.69, 9.17) is 0 Å². The number of likely N-dealkylation sites (N-methyl/N-ethyl adjacent to an activating group) is 1. The average Bonchev–Trinajstić information content (AvgIpc) is 3.15. The van der Waals surface area contributed by atoms with Gasteiger partial charge in [-0.25, -0.2) is 19.6 Å². The van der Waals surface area contributed by atoms with Gasteiger partial charge < -0.3 is 10.2 Å². The van der Waals surface area contributed by atoms with E-state index in [0.29, 0.717) is 22.5 Å². The number of rotatable bonds is 5. The zero-order valence-electron chi connectivity index (χ0n) is 14.5. The van der Waals surface area contributed by atoms with Gasteiger partial charge in [0, 0.05) is 23.3 Å². The van der Waals surface area contributed by atoms with E-state index < -0.39 is 0 Å². The highest BCUT2D eigenvalue weighted by Gasteiger charge is 2.14. The van der Waals surface area contributed by atoms with Gasteiger partial charge in [0.15, 0.2) is 16.6 Å². The fraction of sp³-hybridized carbons (Fsp3) is 0.312. The summed E-state index contributed by atoms with van der Waals surface area (Å²) in [6, 6.07) is 3.68. The monoisotopic (exact) mass is 357 g/mol. The molecule has 3 aromatic rings. The van der Waals surface area contributed by atoms with Crippen LogP contribution in [0.5, 0.6) is 0 Å². The van der Waals surface area contributed by atoms with Gasteiger partial charge in [-0.3, -0.25) is 4.79 Å². The number of thiazole rings is 1. The van der Waals surface area contributed by atoms with Gasteiger partial charge in [-0.15, -0.1) is 11.3 Å². The summed E-state index contributed by atoms with van der Waals surface area (Å²) in [6.45, 7) is 4.15. The second kappa shape index (κ2) is 7.08. The Hall–Kier alpha value is -2.65. The number of nitrogens with one attached hydrogen (secondary N) is 1. The fourth-order valence-electron chi connectivity index (χ4n) is 2.37. The molecular formula is C16H19N7OS. The van der Waals surface area contributed by atoms with E-state index in [2.05, 4.69) is 25.4 Å². The van der Waals surface area contributed by atoms with Crippen molar-refractivity contribution in [2.45, 2.75) is 13.8 Å². The molecule has 1 amide bonds. The van der Waals surface area contributed by atoms with Crippen molar-refractivity contribution >= 4 is 23.1 Å². The first-order chi connectivity index (χ1) is 11.9. The maximum atomic E-state index is 12.1. The fourth-order valence-corrected chi connectivity index (χ4v) is 2.94. The van der Waals surface area contributed by atoms with Crippen LogP contribution in [-0.4, -0.2) is 56.2 Å². The minimum absolute atomic E-state index is 0.145. The van der Waals surface area contributed by atoms with E-state index in [1.807, 2.05) is 39.4 Å². The van der Waals surface area contributed by atoms with E-state index in [-0.39, 0.29) is 12.5 Å². The third-order valence-corrected chi connectivity index (χ3v) is 4.06. The van der Waals surface area contributed by atoms with Crippen LogP contribution < -0.4 is 5.32 Å². The zero-order chi connectivity index (χ0) is 18.0. The Morgan fingerprint density at radius 1 is 1.28 bits per heavy atom. The molecule has 0 aliphatic rings. The number of nitrogens with zero attached hydrogens (tertiary/aromatic N) is 6. The van der Waals surface area contributed by atoms with Crippen LogP contribution in [0.25, 0.3) is 16.6 Å². The molecule has 0 saturated carbocycles. The first kappa shape index (κ1) is 17.2. The van der Waals surface area contributed by atoms with Crippen LogP contribution in [0.4, 0.5) is 5.82 Å². The van der Waals surface area contributed by atoms with Crippen molar-refractivity contribution in [1.29, 1.82) is 0 Å². The first-order valence-electron chi connectivity index (χ1n) is 7.69. The summed E-state index contributed by atoms with van der Waals surface area (Å²) in [6.07, 6.45) is 1.70. The largest absolute Gasteiger partial charge is 0.309 e. The Bertz CT molecular complexity index is 886. The summed E-state index contributed by atoms with van der Waals surface area (Å²) in [5.74, 6) is 1.33. The standard InChI is InChI=1S/C16H19N7OS/c1-10-7-11(2)23(21-10)13-8-12(18-14(24)9-22(3)4)19-15(20-13)16-17-5-6-25-16/h5-8H,9H2,1-4H3,(H,18,19,20,24). The molecular weight excluding hydrogens is 338 g/mol. The van der Waals surface area contributed by atoms with Crippen LogP contribution in [0.3, 0.4) is 0 Å². The number of hydrogen-bond donors (Lipinski definition) is 1. The van der Waals surface area contributed by atoms with Crippen molar-refractivity contribution in [3.8, 4) is 16.6 Å². The molecule has 25 heavy (non-hydrogen) atoms. The molecule has 3 aromatic heterocycles. The van der Waals surface area contributed by atoms with Crippen molar-refractivity contribution < 1.29 is 4.79 Å². The summed E-state index contributed by atoms with van der Waals surface area (Å²) in [5.41, 5.74) is 1.84. The minimum atomic E-state index is -0.145. The zero-order valence-corrected chi connectivity index (χ0v) is 15.3. The lowest BCUT2D eigenvalue weighted by atomic mass is 10.4. The van der Waals surface area contributed by atoms with E-state index in [1.165, 1.54) is 11.3 Å². The SMILES string of the molecule is Cc1cc(C)n(-c2cc(NC(=O)CN(C)C)nc(-c3nccs3)n2)n1. The molecule has 0 atom stereocenters. The second-order valence-electron chi connectivity index (χ2n) is 5.90. The molecule has 0 fully saturated rings. The van der Waals surface area contributed by atoms with Gasteiger partial charge in [0.05, 0.1) is 12.2 Å². The van der Waals surface area contributed by atoms with Crippen molar-refractivity contribution in [2.24, 2.45) is 0 Å². The molecule has 8 nitrogen and oxygen atoms in total. The molecule has 0 unspecified atom stereocenters. The molecule has 3 rings (SSSR count). The summed E-state index contributed by atoms with van der Waals surface area (Å²) >= 11 is 1.44. The van der Waals surface area contributed by atoms with Crippen molar-refractivity contribution in [3.05, 3.63) is 35.1 Å².